The molecule has 17 heavy (non-hydrogen) atoms. The predicted octanol–water partition coefficient (Wildman–Crippen LogP) is 3.36. The van der Waals surface area contributed by atoms with E-state index in [9.17, 15) is 4.79 Å². The van der Waals surface area contributed by atoms with Crippen LogP contribution in [0.1, 0.15) is 53.9 Å². The highest BCUT2D eigenvalue weighted by molar-refractivity contribution is 5.81. The zero-order chi connectivity index (χ0) is 13.2. The summed E-state index contributed by atoms with van der Waals surface area (Å²) in [6.45, 7) is 12.3. The Morgan fingerprint density at radius 3 is 2.53 bits per heavy atom. The summed E-state index contributed by atoms with van der Waals surface area (Å²) in [6, 6.07) is 0.507. The van der Waals surface area contributed by atoms with Gasteiger partial charge in [0, 0.05) is 24.9 Å². The van der Waals surface area contributed by atoms with Crippen molar-refractivity contribution in [2.24, 2.45) is 17.3 Å². The van der Waals surface area contributed by atoms with Gasteiger partial charge in [0.15, 0.2) is 0 Å². The minimum Gasteiger partial charge on any atom is -0.302 e. The van der Waals surface area contributed by atoms with Crippen molar-refractivity contribution >= 4 is 5.78 Å². The highest BCUT2D eigenvalue weighted by atomic mass is 16.1. The molecule has 0 heterocycles. The topological polar surface area (TPSA) is 20.3 Å². The first kappa shape index (κ1) is 14.7. The highest BCUT2D eigenvalue weighted by Gasteiger charge is 2.30. The number of nitrogens with zero attached hydrogens (tertiary/aromatic N) is 1. The first-order valence-electron chi connectivity index (χ1n) is 6.94. The van der Waals surface area contributed by atoms with Crippen molar-refractivity contribution in [3.63, 3.8) is 0 Å². The lowest BCUT2D eigenvalue weighted by atomic mass is 9.80. The van der Waals surface area contributed by atoms with E-state index in [4.69, 9.17) is 0 Å². The van der Waals surface area contributed by atoms with Crippen molar-refractivity contribution in [3.8, 4) is 0 Å². The molecule has 1 fully saturated rings. The van der Waals surface area contributed by atoms with E-state index in [2.05, 4.69) is 46.6 Å². The molecule has 1 aliphatic rings. The normalized spacial score (nSPS) is 28.5. The van der Waals surface area contributed by atoms with Crippen LogP contribution in [0.2, 0.25) is 0 Å². The van der Waals surface area contributed by atoms with Crippen molar-refractivity contribution in [2.45, 2.75) is 59.9 Å². The summed E-state index contributed by atoms with van der Waals surface area (Å²) in [6.07, 6.45) is 2.97. The molecule has 1 aliphatic carbocycles. The second-order valence-corrected chi connectivity index (χ2v) is 7.02. The summed E-state index contributed by atoms with van der Waals surface area (Å²) in [5, 5.41) is 0. The predicted molar refractivity (Wildman–Crippen MR) is 73.1 cm³/mol. The number of carbonyl (C=O) groups excluding carboxylic acids is 1. The zero-order valence-electron chi connectivity index (χ0n) is 12.4. The lowest BCUT2D eigenvalue weighted by Crippen LogP contribution is -2.44. The maximum absolute atomic E-state index is 11.9. The lowest BCUT2D eigenvalue weighted by molar-refractivity contribution is -0.126. The molecule has 0 aromatic carbocycles. The maximum Gasteiger partial charge on any atom is 0.137 e. The molecule has 0 N–H and O–H groups in total. The van der Waals surface area contributed by atoms with Gasteiger partial charge in [-0.15, -0.1) is 0 Å². The summed E-state index contributed by atoms with van der Waals surface area (Å²) in [5.74, 6) is 1.47. The van der Waals surface area contributed by atoms with Crippen LogP contribution in [0.15, 0.2) is 0 Å². The van der Waals surface area contributed by atoms with Crippen LogP contribution in [-0.2, 0) is 4.79 Å². The Balaban J connectivity index is 2.55. The van der Waals surface area contributed by atoms with Gasteiger partial charge in [0.2, 0.25) is 0 Å². The highest BCUT2D eigenvalue weighted by Crippen LogP contribution is 2.29. The van der Waals surface area contributed by atoms with Crippen molar-refractivity contribution in [1.29, 1.82) is 0 Å². The van der Waals surface area contributed by atoms with E-state index >= 15 is 0 Å². The van der Waals surface area contributed by atoms with E-state index < -0.39 is 0 Å². The number of hydrogen-bond donors (Lipinski definition) is 0. The molecule has 2 nitrogen and oxygen atoms in total. The fourth-order valence-corrected chi connectivity index (χ4v) is 2.67. The van der Waals surface area contributed by atoms with Crippen LogP contribution in [0, 0.1) is 17.3 Å². The summed E-state index contributed by atoms with van der Waals surface area (Å²) in [5.41, 5.74) is 0.276. The van der Waals surface area contributed by atoms with Crippen LogP contribution < -0.4 is 0 Å². The monoisotopic (exact) mass is 239 g/mol. The first-order valence-corrected chi connectivity index (χ1v) is 6.94. The van der Waals surface area contributed by atoms with E-state index in [-0.39, 0.29) is 11.3 Å². The molecule has 0 aliphatic heterocycles. The number of hydrogen-bond acceptors (Lipinski definition) is 2. The third kappa shape index (κ3) is 4.09. The van der Waals surface area contributed by atoms with Gasteiger partial charge in [-0.1, -0.05) is 27.7 Å². The van der Waals surface area contributed by atoms with Gasteiger partial charge in [-0.25, -0.2) is 0 Å². The lowest BCUT2D eigenvalue weighted by Gasteiger charge is -2.38. The zero-order valence-corrected chi connectivity index (χ0v) is 12.4. The van der Waals surface area contributed by atoms with E-state index in [0.717, 1.165) is 31.7 Å². The molecule has 0 saturated heterocycles. The molecular formula is C15H29NO. The van der Waals surface area contributed by atoms with Gasteiger partial charge in [-0.2, -0.15) is 0 Å². The average molecular weight is 239 g/mol. The van der Waals surface area contributed by atoms with Crippen molar-refractivity contribution in [2.75, 3.05) is 13.6 Å². The summed E-state index contributed by atoms with van der Waals surface area (Å²) >= 11 is 0. The van der Waals surface area contributed by atoms with E-state index in [1.807, 2.05) is 0 Å². The Morgan fingerprint density at radius 1 is 1.41 bits per heavy atom. The summed E-state index contributed by atoms with van der Waals surface area (Å²) < 4.78 is 0. The van der Waals surface area contributed by atoms with E-state index in [1.54, 1.807) is 0 Å². The fraction of sp³-hybridized carbons (Fsp3) is 0.933. The Kier molecular flexibility index (Phi) is 4.77. The molecule has 3 atom stereocenters. The SMILES string of the molecule is CC1CCC(=O)C(CN(C)C(C)C(C)(C)C)C1. The maximum atomic E-state index is 11.9. The van der Waals surface area contributed by atoms with E-state index in [0.29, 0.717) is 11.8 Å². The van der Waals surface area contributed by atoms with Gasteiger partial charge in [-0.05, 0) is 38.1 Å². The van der Waals surface area contributed by atoms with Gasteiger partial charge < -0.3 is 4.90 Å². The Morgan fingerprint density at radius 2 is 2.00 bits per heavy atom. The Labute approximate surface area is 107 Å². The second-order valence-electron chi connectivity index (χ2n) is 7.02. The van der Waals surface area contributed by atoms with Gasteiger partial charge in [-0.3, -0.25) is 4.79 Å². The number of carbonyl (C=O) groups is 1. The van der Waals surface area contributed by atoms with Crippen LogP contribution >= 0.6 is 0 Å². The minimum atomic E-state index is 0.272. The number of Topliss-reactive ketones (excluding diaryl/α,β-unsaturated/α-hetero) is 1. The molecule has 0 radical (unpaired) electrons. The molecule has 100 valence electrons. The molecule has 3 unspecified atom stereocenters. The number of rotatable bonds is 3. The standard InChI is InChI=1S/C15H29NO/c1-11-7-8-14(17)13(9-11)10-16(6)12(2)15(3,4)5/h11-13H,7-10H2,1-6H3. The summed E-state index contributed by atoms with van der Waals surface area (Å²) in [7, 11) is 2.16. The van der Waals surface area contributed by atoms with Gasteiger partial charge >= 0.3 is 0 Å². The van der Waals surface area contributed by atoms with Crippen LogP contribution in [0.4, 0.5) is 0 Å². The molecule has 0 spiro atoms. The minimum absolute atomic E-state index is 0.272. The molecule has 0 aromatic rings. The van der Waals surface area contributed by atoms with Crippen LogP contribution in [0.25, 0.3) is 0 Å². The molecule has 1 rings (SSSR count). The van der Waals surface area contributed by atoms with Crippen molar-refractivity contribution < 1.29 is 4.79 Å². The third-order valence-corrected chi connectivity index (χ3v) is 4.45. The largest absolute Gasteiger partial charge is 0.302 e. The molecule has 1 saturated carbocycles. The van der Waals surface area contributed by atoms with E-state index in [1.165, 1.54) is 0 Å². The molecular weight excluding hydrogens is 210 g/mol. The molecule has 2 heteroatoms. The fourth-order valence-electron chi connectivity index (χ4n) is 2.67. The van der Waals surface area contributed by atoms with Crippen molar-refractivity contribution in [3.05, 3.63) is 0 Å². The second kappa shape index (κ2) is 5.51. The molecule has 0 bridgehead atoms. The van der Waals surface area contributed by atoms with Gasteiger partial charge in [0.1, 0.15) is 5.78 Å². The summed E-state index contributed by atoms with van der Waals surface area (Å²) in [4.78, 5) is 14.3. The quantitative estimate of drug-likeness (QED) is 0.752. The Bertz CT molecular complexity index is 267. The van der Waals surface area contributed by atoms with Crippen molar-refractivity contribution in [1.82, 2.24) is 4.90 Å². The van der Waals surface area contributed by atoms with Crippen LogP contribution in [0.5, 0.6) is 0 Å². The van der Waals surface area contributed by atoms with Crippen LogP contribution in [0.3, 0.4) is 0 Å². The smallest absolute Gasteiger partial charge is 0.137 e. The molecule has 0 aromatic heterocycles. The molecule has 0 amide bonds. The number of ketones is 1. The average Bonchev–Trinajstić information content (AvgIpc) is 2.21. The third-order valence-electron chi connectivity index (χ3n) is 4.45. The van der Waals surface area contributed by atoms with Gasteiger partial charge in [0.05, 0.1) is 0 Å². The van der Waals surface area contributed by atoms with Gasteiger partial charge in [0.25, 0.3) is 0 Å². The van der Waals surface area contributed by atoms with Crippen LogP contribution in [-0.4, -0.2) is 30.3 Å². The Hall–Kier alpha value is -0.370. The first-order chi connectivity index (χ1) is 7.71.